The summed E-state index contributed by atoms with van der Waals surface area (Å²) < 4.78 is 11.6. The minimum Gasteiger partial charge on any atom is -0.432 e. The van der Waals surface area contributed by atoms with Gasteiger partial charge in [0, 0.05) is 26.2 Å². The third-order valence-corrected chi connectivity index (χ3v) is 2.19. The molecule has 0 unspecified atom stereocenters. The molecule has 0 aliphatic carbocycles. The summed E-state index contributed by atoms with van der Waals surface area (Å²) in [5.74, 6) is -1.70. The molecule has 1 atom stereocenters. The fourth-order valence-electron chi connectivity index (χ4n) is 1.52. The van der Waals surface area contributed by atoms with Gasteiger partial charge in [-0.3, -0.25) is 9.36 Å². The van der Waals surface area contributed by atoms with Gasteiger partial charge in [0.05, 0.1) is 6.42 Å². The standard InChI is InChI=1S/C10H12N2O4/c1-10(2)15-7(9(14)16-10)5-8(13)12-4-3-11-6-12/h3-4,6-7H,5H2,1-2H3/t7-/m0/s1. The van der Waals surface area contributed by atoms with Gasteiger partial charge in [-0.25, -0.2) is 9.78 Å². The molecule has 0 bridgehead atoms. The zero-order valence-corrected chi connectivity index (χ0v) is 9.04. The van der Waals surface area contributed by atoms with Gasteiger partial charge in [0.1, 0.15) is 6.33 Å². The second-order valence-corrected chi connectivity index (χ2v) is 4.00. The lowest BCUT2D eigenvalue weighted by atomic mass is 10.2. The highest BCUT2D eigenvalue weighted by Gasteiger charge is 2.42. The lowest BCUT2D eigenvalue weighted by Gasteiger charge is -2.14. The van der Waals surface area contributed by atoms with Crippen LogP contribution in [0, 0.1) is 0 Å². The Balaban J connectivity index is 2.01. The number of esters is 1. The van der Waals surface area contributed by atoms with Crippen molar-refractivity contribution in [1.82, 2.24) is 9.55 Å². The Hall–Kier alpha value is -1.69. The molecule has 0 aromatic carbocycles. The summed E-state index contributed by atoms with van der Waals surface area (Å²) in [7, 11) is 0. The van der Waals surface area contributed by atoms with Gasteiger partial charge in [0.15, 0.2) is 6.10 Å². The predicted octanol–water partition coefficient (Wildman–Crippen LogP) is 0.592. The fraction of sp³-hybridized carbons (Fsp3) is 0.500. The molecular formula is C10H12N2O4. The second-order valence-electron chi connectivity index (χ2n) is 4.00. The highest BCUT2D eigenvalue weighted by Crippen LogP contribution is 2.25. The van der Waals surface area contributed by atoms with Gasteiger partial charge in [-0.2, -0.15) is 0 Å². The van der Waals surface area contributed by atoms with Gasteiger partial charge < -0.3 is 9.47 Å². The number of nitrogens with zero attached hydrogens (tertiary/aromatic N) is 2. The summed E-state index contributed by atoms with van der Waals surface area (Å²) in [6, 6.07) is 0. The Morgan fingerprint density at radius 3 is 2.88 bits per heavy atom. The minimum atomic E-state index is -0.947. The molecule has 1 saturated heterocycles. The number of cyclic esters (lactones) is 1. The number of hydrogen-bond acceptors (Lipinski definition) is 5. The zero-order valence-electron chi connectivity index (χ0n) is 9.04. The molecule has 1 aliphatic heterocycles. The summed E-state index contributed by atoms with van der Waals surface area (Å²) in [4.78, 5) is 26.8. The van der Waals surface area contributed by atoms with Crippen molar-refractivity contribution in [1.29, 1.82) is 0 Å². The molecule has 86 valence electrons. The molecular weight excluding hydrogens is 212 g/mol. The van der Waals surface area contributed by atoms with Crippen molar-refractivity contribution in [2.24, 2.45) is 0 Å². The number of carbonyl (C=O) groups is 2. The van der Waals surface area contributed by atoms with Gasteiger partial charge in [0.25, 0.3) is 0 Å². The van der Waals surface area contributed by atoms with Crippen molar-refractivity contribution in [2.75, 3.05) is 0 Å². The Labute approximate surface area is 92.2 Å². The highest BCUT2D eigenvalue weighted by molar-refractivity contribution is 5.86. The highest BCUT2D eigenvalue weighted by atomic mass is 16.8. The van der Waals surface area contributed by atoms with E-state index in [1.165, 1.54) is 23.3 Å². The maximum Gasteiger partial charge on any atom is 0.338 e. The van der Waals surface area contributed by atoms with E-state index in [0.717, 1.165) is 0 Å². The van der Waals surface area contributed by atoms with Gasteiger partial charge in [-0.05, 0) is 0 Å². The third-order valence-electron chi connectivity index (χ3n) is 2.19. The van der Waals surface area contributed by atoms with Crippen LogP contribution in [0.3, 0.4) is 0 Å². The SMILES string of the molecule is CC1(C)OC(=O)[C@H](CC(=O)n2ccnc2)O1. The Morgan fingerprint density at radius 1 is 1.62 bits per heavy atom. The molecule has 2 rings (SSSR count). The minimum absolute atomic E-state index is 0.0430. The molecule has 0 amide bonds. The van der Waals surface area contributed by atoms with E-state index in [-0.39, 0.29) is 12.3 Å². The van der Waals surface area contributed by atoms with Crippen LogP contribution in [0.4, 0.5) is 0 Å². The molecule has 1 aromatic heterocycles. The Morgan fingerprint density at radius 2 is 2.38 bits per heavy atom. The van der Waals surface area contributed by atoms with Gasteiger partial charge in [-0.1, -0.05) is 0 Å². The molecule has 6 heteroatoms. The van der Waals surface area contributed by atoms with Crippen LogP contribution in [-0.2, 0) is 14.3 Å². The van der Waals surface area contributed by atoms with Crippen LogP contribution in [-0.4, -0.2) is 33.3 Å². The largest absolute Gasteiger partial charge is 0.432 e. The van der Waals surface area contributed by atoms with Gasteiger partial charge in [0.2, 0.25) is 11.7 Å². The van der Waals surface area contributed by atoms with E-state index >= 15 is 0 Å². The molecule has 6 nitrogen and oxygen atoms in total. The molecule has 1 aliphatic rings. The Kier molecular flexibility index (Phi) is 2.51. The van der Waals surface area contributed by atoms with E-state index < -0.39 is 17.9 Å². The van der Waals surface area contributed by atoms with Crippen molar-refractivity contribution in [3.05, 3.63) is 18.7 Å². The summed E-state index contributed by atoms with van der Waals surface area (Å²) in [5, 5.41) is 0. The maximum absolute atomic E-state index is 11.7. The average Bonchev–Trinajstić information content (AvgIpc) is 2.74. The third kappa shape index (κ3) is 2.11. The first kappa shape index (κ1) is 10.8. The summed E-state index contributed by atoms with van der Waals surface area (Å²) in [6.07, 6.45) is 3.53. The van der Waals surface area contributed by atoms with Crippen molar-refractivity contribution in [2.45, 2.75) is 32.2 Å². The molecule has 16 heavy (non-hydrogen) atoms. The molecule has 0 N–H and O–H groups in total. The molecule has 1 fully saturated rings. The van der Waals surface area contributed by atoms with E-state index in [1.807, 2.05) is 0 Å². The van der Waals surface area contributed by atoms with E-state index in [4.69, 9.17) is 9.47 Å². The summed E-state index contributed by atoms with van der Waals surface area (Å²) in [6.45, 7) is 3.26. The van der Waals surface area contributed by atoms with Gasteiger partial charge >= 0.3 is 5.97 Å². The van der Waals surface area contributed by atoms with Crippen LogP contribution >= 0.6 is 0 Å². The molecule has 2 heterocycles. The number of hydrogen-bond donors (Lipinski definition) is 0. The number of aromatic nitrogens is 2. The topological polar surface area (TPSA) is 70.4 Å². The van der Waals surface area contributed by atoms with E-state index in [0.29, 0.717) is 0 Å². The van der Waals surface area contributed by atoms with Crippen LogP contribution in [0.2, 0.25) is 0 Å². The van der Waals surface area contributed by atoms with E-state index in [9.17, 15) is 9.59 Å². The first-order valence-corrected chi connectivity index (χ1v) is 4.90. The van der Waals surface area contributed by atoms with Crippen molar-refractivity contribution >= 4 is 11.9 Å². The molecule has 1 aromatic rings. The van der Waals surface area contributed by atoms with E-state index in [2.05, 4.69) is 4.98 Å². The Bertz CT molecular complexity index is 410. The van der Waals surface area contributed by atoms with E-state index in [1.54, 1.807) is 13.8 Å². The quantitative estimate of drug-likeness (QED) is 0.687. The van der Waals surface area contributed by atoms with Gasteiger partial charge in [-0.15, -0.1) is 0 Å². The maximum atomic E-state index is 11.7. The monoisotopic (exact) mass is 224 g/mol. The first-order chi connectivity index (χ1) is 7.48. The molecule has 0 saturated carbocycles. The number of ether oxygens (including phenoxy) is 2. The average molecular weight is 224 g/mol. The summed E-state index contributed by atoms with van der Waals surface area (Å²) in [5.41, 5.74) is 0. The summed E-state index contributed by atoms with van der Waals surface area (Å²) >= 11 is 0. The van der Waals surface area contributed by atoms with Crippen LogP contribution in [0.25, 0.3) is 0 Å². The smallest absolute Gasteiger partial charge is 0.338 e. The normalized spacial score (nSPS) is 23.1. The molecule has 0 spiro atoms. The van der Waals surface area contributed by atoms with Crippen molar-refractivity contribution in [3.8, 4) is 0 Å². The second kappa shape index (κ2) is 3.71. The number of imidazole rings is 1. The van der Waals surface area contributed by atoms with Crippen LogP contribution < -0.4 is 0 Å². The van der Waals surface area contributed by atoms with Crippen molar-refractivity contribution in [3.63, 3.8) is 0 Å². The van der Waals surface area contributed by atoms with Crippen LogP contribution in [0.5, 0.6) is 0 Å². The number of carbonyl (C=O) groups excluding carboxylic acids is 2. The molecule has 0 radical (unpaired) electrons. The number of rotatable bonds is 2. The van der Waals surface area contributed by atoms with Crippen molar-refractivity contribution < 1.29 is 19.1 Å². The fourth-order valence-corrected chi connectivity index (χ4v) is 1.52. The first-order valence-electron chi connectivity index (χ1n) is 4.90. The zero-order chi connectivity index (χ0) is 11.8. The predicted molar refractivity (Wildman–Crippen MR) is 52.5 cm³/mol. The lowest BCUT2D eigenvalue weighted by Crippen LogP contribution is -2.25. The van der Waals surface area contributed by atoms with Crippen LogP contribution in [0.15, 0.2) is 18.7 Å². The lowest BCUT2D eigenvalue weighted by molar-refractivity contribution is -0.160. The van der Waals surface area contributed by atoms with Crippen LogP contribution in [0.1, 0.15) is 25.1 Å².